The molecule has 26 heteroatoms. The third kappa shape index (κ3) is 10.6. The molecule has 0 amide bonds. The summed E-state index contributed by atoms with van der Waals surface area (Å²) in [6.07, 6.45) is -31.4. The number of aliphatic hydroxyl groups excluding tert-OH is 15. The Morgan fingerprint density at radius 2 is 1.15 bits per heavy atom. The summed E-state index contributed by atoms with van der Waals surface area (Å²) >= 11 is 0. The number of allylic oxidation sites excluding steroid dienone is 2. The van der Waals surface area contributed by atoms with Crippen LogP contribution < -0.4 is 0 Å². The van der Waals surface area contributed by atoms with E-state index in [1.165, 1.54) is 13.8 Å². The second-order valence-corrected chi connectivity index (χ2v) is 28.1. The van der Waals surface area contributed by atoms with Crippen LogP contribution in [0.25, 0.3) is 0 Å². The van der Waals surface area contributed by atoms with E-state index >= 15 is 4.79 Å². The minimum Gasteiger partial charge on any atom is -0.432 e. The zero-order valence-electron chi connectivity index (χ0n) is 49.1. The average molecular weight is 1210 g/mol. The van der Waals surface area contributed by atoms with Crippen molar-refractivity contribution in [2.75, 3.05) is 26.4 Å². The molecule has 0 spiro atoms. The highest BCUT2D eigenvalue weighted by molar-refractivity contribution is 5.80. The summed E-state index contributed by atoms with van der Waals surface area (Å²) in [5.41, 5.74) is -3.06. The summed E-state index contributed by atoms with van der Waals surface area (Å²) in [7, 11) is 0. The van der Waals surface area contributed by atoms with Crippen molar-refractivity contribution >= 4 is 5.97 Å². The van der Waals surface area contributed by atoms with Crippen LogP contribution >= 0.6 is 0 Å². The van der Waals surface area contributed by atoms with Gasteiger partial charge in [-0.25, -0.2) is 0 Å². The Morgan fingerprint density at radius 1 is 0.560 bits per heavy atom. The van der Waals surface area contributed by atoms with Gasteiger partial charge >= 0.3 is 5.97 Å². The van der Waals surface area contributed by atoms with E-state index in [0.717, 1.165) is 5.57 Å². The molecule has 0 radical (unpaired) electrons. The van der Waals surface area contributed by atoms with Gasteiger partial charge in [-0.1, -0.05) is 53.2 Å². The lowest BCUT2D eigenvalue weighted by Gasteiger charge is -2.72. The molecular weight excluding hydrogens is 1110 g/mol. The quantitative estimate of drug-likeness (QED) is 0.0528. The van der Waals surface area contributed by atoms with Gasteiger partial charge in [-0.15, -0.1) is 0 Å². The summed E-state index contributed by atoms with van der Waals surface area (Å²) < 4.78 is 59.3. The molecule has 4 saturated carbocycles. The fraction of sp³-hybridized carbons (Fsp3) is 0.948. The number of ether oxygens (including phenoxy) is 10. The van der Waals surface area contributed by atoms with E-state index in [1.54, 1.807) is 0 Å². The predicted molar refractivity (Wildman–Crippen MR) is 283 cm³/mol. The van der Waals surface area contributed by atoms with Crippen LogP contribution in [0.1, 0.15) is 113 Å². The van der Waals surface area contributed by atoms with Gasteiger partial charge in [0.2, 0.25) is 6.29 Å². The Bertz CT molecular complexity index is 2350. The van der Waals surface area contributed by atoms with Crippen LogP contribution in [0.5, 0.6) is 0 Å². The number of rotatable bonds is 12. The molecule has 5 aliphatic carbocycles. The number of esters is 1. The lowest BCUT2D eigenvalue weighted by molar-refractivity contribution is -0.377. The number of carbonyl (C=O) groups excluding carboxylic acids is 1. The Labute approximate surface area is 488 Å². The van der Waals surface area contributed by atoms with Crippen LogP contribution in [0.15, 0.2) is 11.6 Å². The molecule has 0 bridgehead atoms. The van der Waals surface area contributed by atoms with E-state index in [0.29, 0.717) is 44.9 Å². The summed E-state index contributed by atoms with van der Waals surface area (Å²) in [6, 6.07) is 0. The predicted octanol–water partition coefficient (Wildman–Crippen LogP) is -2.93. The first-order valence-electron chi connectivity index (χ1n) is 30.1. The Balaban J connectivity index is 0.848. The average Bonchev–Trinajstić information content (AvgIpc) is 0.709. The molecule has 0 unspecified atom stereocenters. The van der Waals surface area contributed by atoms with Crippen LogP contribution in [0.3, 0.4) is 0 Å². The molecular formula is C58H94O26. The molecule has 10 aliphatic rings. The van der Waals surface area contributed by atoms with Gasteiger partial charge in [0, 0.05) is 5.41 Å². The second-order valence-electron chi connectivity index (χ2n) is 28.1. The van der Waals surface area contributed by atoms with E-state index in [9.17, 15) is 76.6 Å². The van der Waals surface area contributed by atoms with Crippen molar-refractivity contribution in [2.24, 2.45) is 50.2 Å². The summed E-state index contributed by atoms with van der Waals surface area (Å²) in [5.74, 6) is -1.40. The summed E-state index contributed by atoms with van der Waals surface area (Å²) in [5, 5.41) is 165. The molecule has 0 aromatic heterocycles. The van der Waals surface area contributed by atoms with Crippen LogP contribution in [0.2, 0.25) is 0 Å². The largest absolute Gasteiger partial charge is 0.432 e. The Morgan fingerprint density at radius 3 is 1.82 bits per heavy atom. The number of hydrogen-bond donors (Lipinski definition) is 15. The van der Waals surface area contributed by atoms with Crippen molar-refractivity contribution in [3.8, 4) is 0 Å². The van der Waals surface area contributed by atoms with Gasteiger partial charge in [-0.3, -0.25) is 4.79 Å². The summed E-state index contributed by atoms with van der Waals surface area (Å²) in [6.45, 7) is 14.0. The Hall–Kier alpha value is -1.75. The topological polar surface area (TPSA) is 413 Å². The maximum absolute atomic E-state index is 15.4. The molecule has 10 rings (SSSR count). The van der Waals surface area contributed by atoms with E-state index in [4.69, 9.17) is 47.4 Å². The van der Waals surface area contributed by atoms with E-state index in [2.05, 4.69) is 40.7 Å². The van der Waals surface area contributed by atoms with E-state index in [1.807, 2.05) is 6.92 Å². The van der Waals surface area contributed by atoms with Crippen molar-refractivity contribution in [3.63, 3.8) is 0 Å². The third-order valence-corrected chi connectivity index (χ3v) is 22.8. The molecule has 0 aromatic carbocycles. The smallest absolute Gasteiger partial charge is 0.317 e. The first-order valence-corrected chi connectivity index (χ1v) is 30.1. The van der Waals surface area contributed by atoms with Crippen molar-refractivity contribution in [2.45, 2.75) is 267 Å². The number of fused-ring (bicyclic) bond motifs is 7. The SMILES string of the molecule is C[C@@H]1O[C@@H](O[C@@H]2[C@@H](O)[C@H](O[C@@H]3[C@@H](O)[C@@H](O)[C@H](O[C@H]4[C@H](OC(=O)[C@]56CCC(C)(C)C[C@H]5C5=CC[C@@H]7[C@@]8(C)CC[C@H](O[C@@H]9O[C@H](CO)[C@@H](O)[C@H](O)[C@H]9O)[C@@](C)(CO)[C@@H]8CC[C@@]7(C)[C@]5(C)C[C@H]6O)OC[C@@H](O)[C@@H]4O)O[C@H]3C)OC[C@H]2O)[C@H](O)[C@H](O)[C@H]1O. The monoisotopic (exact) mass is 1210 g/mol. The summed E-state index contributed by atoms with van der Waals surface area (Å²) in [4.78, 5) is 15.4. The van der Waals surface area contributed by atoms with Gasteiger partial charge in [-0.05, 0) is 111 Å². The number of hydrogen-bond acceptors (Lipinski definition) is 26. The minimum atomic E-state index is -1.97. The molecule has 0 aromatic rings. The van der Waals surface area contributed by atoms with Gasteiger partial charge in [0.05, 0.1) is 50.8 Å². The van der Waals surface area contributed by atoms with Gasteiger partial charge in [-0.2, -0.15) is 0 Å². The Kier molecular flexibility index (Phi) is 18.5. The maximum atomic E-state index is 15.4. The van der Waals surface area contributed by atoms with Crippen LogP contribution in [0.4, 0.5) is 0 Å². The number of aliphatic hydroxyl groups is 15. The minimum absolute atomic E-state index is 0.0326. The highest BCUT2D eigenvalue weighted by atomic mass is 16.8. The number of carbonyl (C=O) groups is 1. The maximum Gasteiger partial charge on any atom is 0.317 e. The van der Waals surface area contributed by atoms with Crippen molar-refractivity contribution in [3.05, 3.63) is 11.6 Å². The molecule has 482 valence electrons. The molecule has 26 nitrogen and oxygen atoms in total. The fourth-order valence-electron chi connectivity index (χ4n) is 17.5. The molecule has 5 saturated heterocycles. The van der Waals surface area contributed by atoms with E-state index < -0.39 is 207 Å². The zero-order chi connectivity index (χ0) is 61.3. The fourth-order valence-corrected chi connectivity index (χ4v) is 17.5. The van der Waals surface area contributed by atoms with Gasteiger partial charge in [0.1, 0.15) is 97.0 Å². The second kappa shape index (κ2) is 23.8. The normalized spacial score (nSPS) is 55.8. The van der Waals surface area contributed by atoms with Crippen LogP contribution in [-0.2, 0) is 52.2 Å². The van der Waals surface area contributed by atoms with Gasteiger partial charge in [0.15, 0.2) is 31.3 Å². The molecule has 15 N–H and O–H groups in total. The lowest BCUT2D eigenvalue weighted by Crippen LogP contribution is -2.69. The van der Waals surface area contributed by atoms with Crippen LogP contribution in [-0.4, -0.2) is 263 Å². The van der Waals surface area contributed by atoms with Gasteiger partial charge in [0.25, 0.3) is 0 Å². The molecule has 84 heavy (non-hydrogen) atoms. The van der Waals surface area contributed by atoms with Crippen molar-refractivity contribution in [1.29, 1.82) is 0 Å². The molecule has 5 aliphatic heterocycles. The first-order chi connectivity index (χ1) is 39.3. The first kappa shape index (κ1) is 65.2. The highest BCUT2D eigenvalue weighted by Crippen LogP contribution is 2.76. The van der Waals surface area contributed by atoms with Crippen LogP contribution in [0, 0.1) is 50.2 Å². The molecule has 9 fully saturated rings. The lowest BCUT2D eigenvalue weighted by atomic mass is 9.33. The van der Waals surface area contributed by atoms with E-state index in [-0.39, 0.29) is 42.1 Å². The molecule has 33 atom stereocenters. The van der Waals surface area contributed by atoms with Gasteiger partial charge < -0.3 is 124 Å². The zero-order valence-corrected chi connectivity index (χ0v) is 49.1. The highest BCUT2D eigenvalue weighted by Gasteiger charge is 2.73. The van der Waals surface area contributed by atoms with Crippen molar-refractivity contribution in [1.82, 2.24) is 0 Å². The standard InChI is InChI=1S/C58H94O26/c1-23-34(64)37(67)40(70)48(77-23)82-45-28(62)21-75-47(43(45)73)81-44-24(2)78-49(42(72)39(44)69)83-46-35(65)27(61)20-76-51(46)84-52(74)58-16-15-53(3,4)17-26(58)25-9-10-31-54(5)13-12-33(80-50-41(71)38(68)36(66)29(19-59)79-50)55(6,22-60)30(54)11-14-56(31,7)57(25,8)18-32(58)63/h9,23-24,26-51,59-73H,10-22H2,1-8H3/t23-,24-,26-,27+,28+,29+,30+,31+,32+,33-,34-,35-,36+,37+,38-,39-,40+,41+,42+,43+,44-,45-,46+,47-,48-,49-,50-,51-,54-,55-,56+,57+,58+/m0/s1. The van der Waals surface area contributed by atoms with Crippen molar-refractivity contribution < 1.29 is 129 Å². The third-order valence-electron chi connectivity index (χ3n) is 22.8. The molecule has 5 heterocycles.